The summed E-state index contributed by atoms with van der Waals surface area (Å²) in [5.41, 5.74) is 0. The summed E-state index contributed by atoms with van der Waals surface area (Å²) >= 11 is 0. The second kappa shape index (κ2) is 6.14. The molecule has 0 bridgehead atoms. The molecule has 0 aliphatic carbocycles. The first-order valence-corrected chi connectivity index (χ1v) is 5.77. The molecule has 0 heterocycles. The zero-order chi connectivity index (χ0) is 10.3. The average Bonchev–Trinajstić information content (AvgIpc) is 2.11. The molecule has 13 heavy (non-hydrogen) atoms. The van der Waals surface area contributed by atoms with Gasteiger partial charge in [0.1, 0.15) is 0 Å². The Morgan fingerprint density at radius 1 is 1.54 bits per heavy atom. The van der Waals surface area contributed by atoms with Gasteiger partial charge >= 0.3 is 7.60 Å². The van der Waals surface area contributed by atoms with Gasteiger partial charge in [-0.2, -0.15) is 0 Å². The lowest BCUT2D eigenvalue weighted by Gasteiger charge is -2.16. The second-order valence-electron chi connectivity index (χ2n) is 2.65. The van der Waals surface area contributed by atoms with Gasteiger partial charge in [-0.25, -0.2) is 0 Å². The van der Waals surface area contributed by atoms with Crippen LogP contribution >= 0.6 is 7.60 Å². The fourth-order valence-electron chi connectivity index (χ4n) is 0.620. The Kier molecular flexibility index (Phi) is 5.97. The summed E-state index contributed by atoms with van der Waals surface area (Å²) in [7, 11) is -3.09. The van der Waals surface area contributed by atoms with Crippen LogP contribution < -0.4 is 0 Å². The van der Waals surface area contributed by atoms with E-state index in [0.29, 0.717) is 11.9 Å². The fourth-order valence-corrected chi connectivity index (χ4v) is 1.86. The van der Waals surface area contributed by atoms with E-state index in [1.807, 2.05) is 6.92 Å². The molecule has 4 heteroatoms. The van der Waals surface area contributed by atoms with Crippen LogP contribution in [0.3, 0.4) is 0 Å². The van der Waals surface area contributed by atoms with Crippen molar-refractivity contribution in [2.75, 3.05) is 13.2 Å². The van der Waals surface area contributed by atoms with E-state index in [1.165, 1.54) is 6.08 Å². The van der Waals surface area contributed by atoms with Crippen molar-refractivity contribution in [1.29, 1.82) is 0 Å². The first-order valence-electron chi connectivity index (χ1n) is 4.23. The molecule has 0 saturated carbocycles. The molecule has 0 fully saturated rings. The standard InChI is InChI=1S/C9H17O3P/c1-5-7-11-13(10,9(3)4)12-8-6-2/h5H,1,3,6-8H2,2,4H3. The van der Waals surface area contributed by atoms with Gasteiger partial charge in [-0.3, -0.25) is 4.57 Å². The molecule has 0 aromatic heterocycles. The summed E-state index contributed by atoms with van der Waals surface area (Å²) < 4.78 is 22.0. The van der Waals surface area contributed by atoms with Crippen molar-refractivity contribution in [3.8, 4) is 0 Å². The minimum absolute atomic E-state index is 0.216. The number of rotatable bonds is 7. The molecule has 0 rings (SSSR count). The molecule has 1 unspecified atom stereocenters. The van der Waals surface area contributed by atoms with Gasteiger partial charge in [0.25, 0.3) is 0 Å². The van der Waals surface area contributed by atoms with Crippen molar-refractivity contribution < 1.29 is 13.6 Å². The molecular formula is C9H17O3P. The Labute approximate surface area is 80.0 Å². The Bertz CT molecular complexity index is 223. The van der Waals surface area contributed by atoms with Crippen LogP contribution in [-0.4, -0.2) is 13.2 Å². The van der Waals surface area contributed by atoms with Crippen LogP contribution in [-0.2, 0) is 13.6 Å². The van der Waals surface area contributed by atoms with Crippen LogP contribution in [0.15, 0.2) is 24.5 Å². The highest BCUT2D eigenvalue weighted by Gasteiger charge is 2.24. The quantitative estimate of drug-likeness (QED) is 0.471. The van der Waals surface area contributed by atoms with Crippen molar-refractivity contribution in [3.05, 3.63) is 24.5 Å². The number of allylic oxidation sites excluding steroid dienone is 1. The van der Waals surface area contributed by atoms with E-state index in [4.69, 9.17) is 9.05 Å². The molecule has 3 nitrogen and oxygen atoms in total. The van der Waals surface area contributed by atoms with E-state index in [2.05, 4.69) is 13.2 Å². The Balaban J connectivity index is 4.25. The molecule has 0 aliphatic rings. The maximum atomic E-state index is 11.8. The molecule has 0 aromatic rings. The lowest BCUT2D eigenvalue weighted by atomic mass is 10.5. The smallest absolute Gasteiger partial charge is 0.305 e. The van der Waals surface area contributed by atoms with Gasteiger partial charge in [-0.15, -0.1) is 6.58 Å². The lowest BCUT2D eigenvalue weighted by Crippen LogP contribution is -1.97. The predicted octanol–water partition coefficient (Wildman–Crippen LogP) is 3.34. The minimum Gasteiger partial charge on any atom is -0.305 e. The molecule has 0 amide bonds. The molecule has 0 radical (unpaired) electrons. The van der Waals surface area contributed by atoms with Crippen molar-refractivity contribution in [2.45, 2.75) is 20.3 Å². The lowest BCUT2D eigenvalue weighted by molar-refractivity contribution is 0.225. The summed E-state index contributed by atoms with van der Waals surface area (Å²) in [4.78, 5) is 0. The van der Waals surface area contributed by atoms with E-state index in [9.17, 15) is 4.57 Å². The maximum absolute atomic E-state index is 11.8. The van der Waals surface area contributed by atoms with Gasteiger partial charge in [0, 0.05) is 5.31 Å². The summed E-state index contributed by atoms with van der Waals surface area (Å²) in [6.45, 7) is 11.3. The van der Waals surface area contributed by atoms with E-state index in [0.717, 1.165) is 6.42 Å². The molecule has 76 valence electrons. The third-order valence-electron chi connectivity index (χ3n) is 1.30. The van der Waals surface area contributed by atoms with E-state index in [1.54, 1.807) is 6.92 Å². The van der Waals surface area contributed by atoms with Crippen molar-refractivity contribution >= 4 is 7.60 Å². The molecule has 0 saturated heterocycles. The van der Waals surface area contributed by atoms with E-state index in [-0.39, 0.29) is 6.61 Å². The molecule has 0 aliphatic heterocycles. The normalized spacial score (nSPS) is 14.9. The van der Waals surface area contributed by atoms with Crippen LogP contribution in [0.1, 0.15) is 20.3 Å². The summed E-state index contributed by atoms with van der Waals surface area (Å²) in [5, 5.41) is 0.433. The second-order valence-corrected chi connectivity index (χ2v) is 4.93. The zero-order valence-electron chi connectivity index (χ0n) is 8.28. The monoisotopic (exact) mass is 204 g/mol. The SMILES string of the molecule is C=CCOP(=O)(OCCC)C(=C)C. The Morgan fingerprint density at radius 2 is 2.15 bits per heavy atom. The average molecular weight is 204 g/mol. The van der Waals surface area contributed by atoms with Crippen LogP contribution in [0, 0.1) is 0 Å². The third kappa shape index (κ3) is 4.41. The highest BCUT2D eigenvalue weighted by atomic mass is 31.2. The van der Waals surface area contributed by atoms with Crippen LogP contribution in [0.4, 0.5) is 0 Å². The minimum atomic E-state index is -3.09. The van der Waals surface area contributed by atoms with Crippen molar-refractivity contribution in [3.63, 3.8) is 0 Å². The predicted molar refractivity (Wildman–Crippen MR) is 54.8 cm³/mol. The first kappa shape index (κ1) is 12.6. The molecule has 0 spiro atoms. The van der Waals surface area contributed by atoms with Crippen LogP contribution in [0.5, 0.6) is 0 Å². The zero-order valence-corrected chi connectivity index (χ0v) is 9.18. The summed E-state index contributed by atoms with van der Waals surface area (Å²) in [6.07, 6.45) is 2.33. The molecule has 1 atom stereocenters. The van der Waals surface area contributed by atoms with Crippen LogP contribution in [0.2, 0.25) is 0 Å². The molecular weight excluding hydrogens is 187 g/mol. The van der Waals surface area contributed by atoms with Gasteiger partial charge in [0.2, 0.25) is 0 Å². The topological polar surface area (TPSA) is 35.5 Å². The van der Waals surface area contributed by atoms with Gasteiger partial charge in [0.05, 0.1) is 13.2 Å². The van der Waals surface area contributed by atoms with Crippen LogP contribution in [0.25, 0.3) is 0 Å². The van der Waals surface area contributed by atoms with Crippen molar-refractivity contribution in [2.24, 2.45) is 0 Å². The Hall–Kier alpha value is -0.370. The van der Waals surface area contributed by atoms with Gasteiger partial charge in [-0.05, 0) is 13.3 Å². The number of hydrogen-bond donors (Lipinski definition) is 0. The van der Waals surface area contributed by atoms with Gasteiger partial charge < -0.3 is 9.05 Å². The summed E-state index contributed by atoms with van der Waals surface area (Å²) in [5.74, 6) is 0. The van der Waals surface area contributed by atoms with Gasteiger partial charge in [-0.1, -0.05) is 19.6 Å². The number of hydrogen-bond acceptors (Lipinski definition) is 3. The highest BCUT2D eigenvalue weighted by molar-refractivity contribution is 7.58. The fraction of sp³-hybridized carbons (Fsp3) is 0.556. The largest absolute Gasteiger partial charge is 0.356 e. The first-order chi connectivity index (χ1) is 6.06. The third-order valence-corrected chi connectivity index (χ3v) is 3.24. The Morgan fingerprint density at radius 3 is 2.54 bits per heavy atom. The molecule has 0 N–H and O–H groups in total. The molecule has 0 aromatic carbocycles. The van der Waals surface area contributed by atoms with E-state index >= 15 is 0 Å². The highest BCUT2D eigenvalue weighted by Crippen LogP contribution is 2.54. The maximum Gasteiger partial charge on any atom is 0.356 e. The van der Waals surface area contributed by atoms with Crippen molar-refractivity contribution in [1.82, 2.24) is 0 Å². The van der Waals surface area contributed by atoms with E-state index < -0.39 is 7.60 Å². The van der Waals surface area contributed by atoms with Gasteiger partial charge in [0.15, 0.2) is 0 Å². The summed E-state index contributed by atoms with van der Waals surface area (Å²) in [6, 6.07) is 0.